The Morgan fingerprint density at radius 3 is 2.79 bits per heavy atom. The van der Waals surface area contributed by atoms with Crippen molar-refractivity contribution < 1.29 is 8.81 Å². The highest BCUT2D eigenvalue weighted by Crippen LogP contribution is 2.26. The molecule has 0 spiro atoms. The molecule has 2 rings (SSSR count). The third-order valence-corrected chi connectivity index (χ3v) is 2.07. The second-order valence-electron chi connectivity index (χ2n) is 3.10. The first-order valence-electron chi connectivity index (χ1n) is 4.11. The van der Waals surface area contributed by atoms with E-state index in [1.54, 1.807) is 12.1 Å². The molecule has 4 heteroatoms. The SMILES string of the molecule is C[C@@H](N)c1coc2c(F)cccc12.Cl. The molecule has 0 amide bonds. The number of nitrogens with two attached hydrogens (primary N) is 1. The van der Waals surface area contributed by atoms with E-state index in [9.17, 15) is 4.39 Å². The molecule has 0 saturated heterocycles. The molecule has 0 aliphatic rings. The second kappa shape index (κ2) is 3.98. The van der Waals surface area contributed by atoms with Gasteiger partial charge in [0, 0.05) is 17.0 Å². The second-order valence-corrected chi connectivity index (χ2v) is 3.10. The molecule has 14 heavy (non-hydrogen) atoms. The number of hydrogen-bond acceptors (Lipinski definition) is 2. The van der Waals surface area contributed by atoms with E-state index in [1.165, 1.54) is 12.3 Å². The maximum absolute atomic E-state index is 13.1. The van der Waals surface area contributed by atoms with E-state index in [2.05, 4.69) is 0 Å². The highest BCUT2D eigenvalue weighted by atomic mass is 35.5. The van der Waals surface area contributed by atoms with Crippen LogP contribution in [0, 0.1) is 5.82 Å². The van der Waals surface area contributed by atoms with Crippen molar-refractivity contribution in [1.82, 2.24) is 0 Å². The van der Waals surface area contributed by atoms with Gasteiger partial charge in [-0.2, -0.15) is 0 Å². The Kier molecular flexibility index (Phi) is 3.13. The Bertz CT molecular complexity index is 439. The summed E-state index contributed by atoms with van der Waals surface area (Å²) in [4.78, 5) is 0. The molecule has 0 radical (unpaired) electrons. The fourth-order valence-electron chi connectivity index (χ4n) is 1.39. The van der Waals surface area contributed by atoms with Gasteiger partial charge in [0.1, 0.15) is 0 Å². The van der Waals surface area contributed by atoms with E-state index >= 15 is 0 Å². The van der Waals surface area contributed by atoms with Crippen LogP contribution in [0.1, 0.15) is 18.5 Å². The number of benzene rings is 1. The van der Waals surface area contributed by atoms with E-state index in [0.717, 1.165) is 10.9 Å². The monoisotopic (exact) mass is 215 g/mol. The predicted octanol–water partition coefficient (Wildman–Crippen LogP) is 3.01. The highest BCUT2D eigenvalue weighted by molar-refractivity contribution is 5.85. The molecule has 2 nitrogen and oxygen atoms in total. The minimum atomic E-state index is -0.343. The molecule has 1 aromatic heterocycles. The Morgan fingerprint density at radius 1 is 1.43 bits per heavy atom. The molecular formula is C10H11ClFNO. The summed E-state index contributed by atoms with van der Waals surface area (Å²) in [5.74, 6) is -0.343. The number of para-hydroxylation sites is 1. The Labute approximate surface area is 87.3 Å². The maximum Gasteiger partial charge on any atom is 0.169 e. The van der Waals surface area contributed by atoms with Gasteiger partial charge in [0.05, 0.1) is 6.26 Å². The number of furan rings is 1. The zero-order valence-electron chi connectivity index (χ0n) is 7.66. The average molecular weight is 216 g/mol. The van der Waals surface area contributed by atoms with Crippen molar-refractivity contribution >= 4 is 23.4 Å². The van der Waals surface area contributed by atoms with Crippen LogP contribution < -0.4 is 5.73 Å². The van der Waals surface area contributed by atoms with Gasteiger partial charge in [-0.25, -0.2) is 4.39 Å². The number of hydrogen-bond donors (Lipinski definition) is 1. The van der Waals surface area contributed by atoms with E-state index in [4.69, 9.17) is 10.2 Å². The number of rotatable bonds is 1. The average Bonchev–Trinajstić information content (AvgIpc) is 2.48. The minimum absolute atomic E-state index is 0. The van der Waals surface area contributed by atoms with E-state index in [1.807, 2.05) is 6.92 Å². The maximum atomic E-state index is 13.1. The lowest BCUT2D eigenvalue weighted by Gasteiger charge is -2.00. The van der Waals surface area contributed by atoms with Crippen LogP contribution in [-0.4, -0.2) is 0 Å². The normalized spacial score (nSPS) is 12.5. The van der Waals surface area contributed by atoms with Crippen LogP contribution in [0.2, 0.25) is 0 Å². The zero-order valence-corrected chi connectivity index (χ0v) is 8.48. The summed E-state index contributed by atoms with van der Waals surface area (Å²) < 4.78 is 18.2. The third-order valence-electron chi connectivity index (χ3n) is 2.07. The summed E-state index contributed by atoms with van der Waals surface area (Å²) in [6.07, 6.45) is 1.51. The number of halogens is 2. The standard InChI is InChI=1S/C10H10FNO.ClH/c1-6(12)8-5-13-10-7(8)3-2-4-9(10)11;/h2-6H,12H2,1H3;1H/t6-;/m1./s1. The van der Waals surface area contributed by atoms with Gasteiger partial charge in [-0.3, -0.25) is 0 Å². The van der Waals surface area contributed by atoms with Gasteiger partial charge < -0.3 is 10.2 Å². The molecule has 2 aromatic rings. The fourth-order valence-corrected chi connectivity index (χ4v) is 1.39. The molecule has 76 valence electrons. The summed E-state index contributed by atoms with van der Waals surface area (Å²) in [5.41, 5.74) is 6.82. The quantitative estimate of drug-likeness (QED) is 0.794. The van der Waals surface area contributed by atoms with Crippen LogP contribution in [0.5, 0.6) is 0 Å². The van der Waals surface area contributed by atoms with Crippen molar-refractivity contribution in [1.29, 1.82) is 0 Å². The van der Waals surface area contributed by atoms with Gasteiger partial charge in [-0.15, -0.1) is 12.4 Å². The Hall–Kier alpha value is -1.06. The van der Waals surface area contributed by atoms with Crippen LogP contribution >= 0.6 is 12.4 Å². The lowest BCUT2D eigenvalue weighted by atomic mass is 10.1. The largest absolute Gasteiger partial charge is 0.461 e. The van der Waals surface area contributed by atoms with E-state index in [0.29, 0.717) is 0 Å². The van der Waals surface area contributed by atoms with Crippen molar-refractivity contribution in [2.45, 2.75) is 13.0 Å². The third kappa shape index (κ3) is 1.61. The van der Waals surface area contributed by atoms with Gasteiger partial charge in [0.25, 0.3) is 0 Å². The molecular weight excluding hydrogens is 205 g/mol. The van der Waals surface area contributed by atoms with Crippen LogP contribution in [0.4, 0.5) is 4.39 Å². The van der Waals surface area contributed by atoms with Gasteiger partial charge in [-0.1, -0.05) is 12.1 Å². The molecule has 0 fully saturated rings. The first kappa shape index (κ1) is 11.0. The van der Waals surface area contributed by atoms with Gasteiger partial charge >= 0.3 is 0 Å². The topological polar surface area (TPSA) is 39.2 Å². The molecule has 0 unspecified atom stereocenters. The van der Waals surface area contributed by atoms with Crippen molar-refractivity contribution in [2.75, 3.05) is 0 Å². The molecule has 0 saturated carbocycles. The summed E-state index contributed by atoms with van der Waals surface area (Å²) in [6, 6.07) is 4.69. The molecule has 1 aromatic carbocycles. The first-order valence-corrected chi connectivity index (χ1v) is 4.11. The number of fused-ring (bicyclic) bond motifs is 1. The van der Waals surface area contributed by atoms with Gasteiger partial charge in [-0.05, 0) is 13.0 Å². The Morgan fingerprint density at radius 2 is 2.14 bits per heavy atom. The van der Waals surface area contributed by atoms with Gasteiger partial charge in [0.15, 0.2) is 11.4 Å². The molecule has 0 bridgehead atoms. The molecule has 1 atom stereocenters. The summed E-state index contributed by atoms with van der Waals surface area (Å²) >= 11 is 0. The summed E-state index contributed by atoms with van der Waals surface area (Å²) in [5, 5.41) is 0.759. The summed E-state index contributed by atoms with van der Waals surface area (Å²) in [6.45, 7) is 1.84. The fraction of sp³-hybridized carbons (Fsp3) is 0.200. The van der Waals surface area contributed by atoms with Crippen LogP contribution in [-0.2, 0) is 0 Å². The highest BCUT2D eigenvalue weighted by Gasteiger charge is 2.11. The van der Waals surface area contributed by atoms with Crippen molar-refractivity contribution in [2.24, 2.45) is 5.73 Å². The predicted molar refractivity (Wildman–Crippen MR) is 56.0 cm³/mol. The van der Waals surface area contributed by atoms with Crippen molar-refractivity contribution in [3.8, 4) is 0 Å². The lowest BCUT2D eigenvalue weighted by molar-refractivity contribution is 0.556. The van der Waals surface area contributed by atoms with Crippen LogP contribution in [0.25, 0.3) is 11.0 Å². The van der Waals surface area contributed by atoms with Crippen molar-refractivity contribution in [3.63, 3.8) is 0 Å². The van der Waals surface area contributed by atoms with Crippen LogP contribution in [0.3, 0.4) is 0 Å². The van der Waals surface area contributed by atoms with E-state index in [-0.39, 0.29) is 29.8 Å². The molecule has 0 aliphatic carbocycles. The Balaban J connectivity index is 0.000000980. The molecule has 0 aliphatic heterocycles. The minimum Gasteiger partial charge on any atom is -0.461 e. The zero-order chi connectivity index (χ0) is 9.42. The molecule has 2 N–H and O–H groups in total. The first-order chi connectivity index (χ1) is 6.20. The molecule has 1 heterocycles. The van der Waals surface area contributed by atoms with E-state index < -0.39 is 0 Å². The van der Waals surface area contributed by atoms with Crippen molar-refractivity contribution in [3.05, 3.63) is 35.8 Å². The smallest absolute Gasteiger partial charge is 0.169 e. The lowest BCUT2D eigenvalue weighted by Crippen LogP contribution is -2.03. The van der Waals surface area contributed by atoms with Gasteiger partial charge in [0.2, 0.25) is 0 Å². The van der Waals surface area contributed by atoms with Crippen LogP contribution in [0.15, 0.2) is 28.9 Å². The summed E-state index contributed by atoms with van der Waals surface area (Å²) in [7, 11) is 0.